The van der Waals surface area contributed by atoms with Crippen LogP contribution in [0.3, 0.4) is 0 Å². The smallest absolute Gasteiger partial charge is 0.475 e. The maximum absolute atomic E-state index is 11.8. The maximum atomic E-state index is 11.8. The molecular formula is C20H34N3O4S+. The molecule has 1 aliphatic heterocycles. The third-order valence-electron chi connectivity index (χ3n) is 4.64. The van der Waals surface area contributed by atoms with Crippen LogP contribution in [0, 0.1) is 5.92 Å². The predicted octanol–water partition coefficient (Wildman–Crippen LogP) is 4.50. The number of nitrogens with zero attached hydrogens (tertiary/aromatic N) is 3. The maximum Gasteiger partial charge on any atom is 0.512 e. The average molecular weight is 413 g/mol. The van der Waals surface area contributed by atoms with Gasteiger partial charge in [-0.2, -0.15) is 4.37 Å². The van der Waals surface area contributed by atoms with E-state index in [0.29, 0.717) is 29.5 Å². The average Bonchev–Trinajstić information content (AvgIpc) is 3.13. The molecule has 0 bridgehead atoms. The standard InChI is InChI=1S/C20H34N3O4S/c1-5-6-7-8-12-25-19-18(21-28-22-19)17-10-9-11-23(4,13-17)15-27-20(24)26-14-16(2)3/h10,16H,5-9,11-15H2,1-4H3/q+1. The normalized spacial score (nSPS) is 19.4. The van der Waals surface area contributed by atoms with E-state index in [4.69, 9.17) is 14.2 Å². The molecule has 0 radical (unpaired) electrons. The first-order valence-electron chi connectivity index (χ1n) is 10.2. The second kappa shape index (κ2) is 11.4. The first-order valence-corrected chi connectivity index (χ1v) is 10.9. The van der Waals surface area contributed by atoms with Crippen LogP contribution < -0.4 is 4.74 Å². The topological polar surface area (TPSA) is 70.5 Å². The summed E-state index contributed by atoms with van der Waals surface area (Å²) in [7, 11) is 2.08. The van der Waals surface area contributed by atoms with Gasteiger partial charge in [-0.3, -0.25) is 4.48 Å². The summed E-state index contributed by atoms with van der Waals surface area (Å²) in [5.41, 5.74) is 1.93. The van der Waals surface area contributed by atoms with Crippen molar-refractivity contribution in [3.63, 3.8) is 0 Å². The molecule has 1 aromatic heterocycles. The Balaban J connectivity index is 1.88. The lowest BCUT2D eigenvalue weighted by Crippen LogP contribution is -2.49. The summed E-state index contributed by atoms with van der Waals surface area (Å²) in [4.78, 5) is 11.8. The van der Waals surface area contributed by atoms with Crippen LogP contribution in [0.25, 0.3) is 5.57 Å². The quantitative estimate of drug-likeness (QED) is 0.303. The van der Waals surface area contributed by atoms with Gasteiger partial charge in [0.25, 0.3) is 5.88 Å². The van der Waals surface area contributed by atoms with Gasteiger partial charge in [0.2, 0.25) is 6.73 Å². The van der Waals surface area contributed by atoms with Crippen molar-refractivity contribution in [2.45, 2.75) is 52.9 Å². The van der Waals surface area contributed by atoms with Crippen molar-refractivity contribution in [3.05, 3.63) is 11.8 Å². The van der Waals surface area contributed by atoms with Crippen LogP contribution in [-0.2, 0) is 9.47 Å². The van der Waals surface area contributed by atoms with E-state index in [1.165, 1.54) is 31.0 Å². The minimum absolute atomic E-state index is 0.277. The molecule has 0 amide bonds. The number of likely N-dealkylation sites (N-methyl/N-ethyl adjacent to an activating group) is 1. The minimum Gasteiger partial charge on any atom is -0.475 e. The molecule has 1 aliphatic rings. The van der Waals surface area contributed by atoms with Crippen molar-refractivity contribution in [3.8, 4) is 5.88 Å². The molecule has 1 atom stereocenters. The van der Waals surface area contributed by atoms with E-state index >= 15 is 0 Å². The summed E-state index contributed by atoms with van der Waals surface area (Å²) in [5.74, 6) is 0.915. The molecule has 8 heteroatoms. The van der Waals surface area contributed by atoms with Crippen LogP contribution in [-0.4, -0.2) is 59.5 Å². The number of quaternary nitrogens is 1. The first-order chi connectivity index (χ1) is 13.4. The fraction of sp³-hybridized carbons (Fsp3) is 0.750. The van der Waals surface area contributed by atoms with Crippen LogP contribution >= 0.6 is 11.7 Å². The molecule has 2 heterocycles. The van der Waals surface area contributed by atoms with Gasteiger partial charge in [0.1, 0.15) is 12.2 Å². The van der Waals surface area contributed by atoms with E-state index in [9.17, 15) is 4.79 Å². The predicted molar refractivity (Wildman–Crippen MR) is 110 cm³/mol. The van der Waals surface area contributed by atoms with Crippen molar-refractivity contribution in [1.82, 2.24) is 8.75 Å². The summed E-state index contributed by atoms with van der Waals surface area (Å²) in [6, 6.07) is 0. The Morgan fingerprint density at radius 1 is 1.25 bits per heavy atom. The van der Waals surface area contributed by atoms with Gasteiger partial charge in [-0.1, -0.05) is 46.1 Å². The number of carbonyl (C=O) groups excluding carboxylic acids is 1. The van der Waals surface area contributed by atoms with Crippen molar-refractivity contribution >= 4 is 23.5 Å². The van der Waals surface area contributed by atoms with Crippen molar-refractivity contribution in [2.75, 3.05) is 40.1 Å². The lowest BCUT2D eigenvalue weighted by Gasteiger charge is -2.36. The molecule has 28 heavy (non-hydrogen) atoms. The van der Waals surface area contributed by atoms with E-state index < -0.39 is 6.16 Å². The van der Waals surface area contributed by atoms with Crippen molar-refractivity contribution < 1.29 is 23.5 Å². The highest BCUT2D eigenvalue weighted by atomic mass is 32.1. The minimum atomic E-state index is -0.601. The Morgan fingerprint density at radius 3 is 2.82 bits per heavy atom. The summed E-state index contributed by atoms with van der Waals surface area (Å²) < 4.78 is 25.7. The number of unbranched alkanes of at least 4 members (excludes halogenated alkanes) is 3. The number of ether oxygens (including phenoxy) is 3. The highest BCUT2D eigenvalue weighted by Crippen LogP contribution is 2.30. The zero-order valence-corrected chi connectivity index (χ0v) is 18.4. The van der Waals surface area contributed by atoms with Crippen LogP contribution in [0.15, 0.2) is 6.08 Å². The third kappa shape index (κ3) is 7.39. The third-order valence-corrected chi connectivity index (χ3v) is 5.15. The van der Waals surface area contributed by atoms with E-state index in [2.05, 4.69) is 28.8 Å². The Morgan fingerprint density at radius 2 is 2.07 bits per heavy atom. The van der Waals surface area contributed by atoms with E-state index in [0.717, 1.165) is 37.2 Å². The Labute approximate surface area is 172 Å². The lowest BCUT2D eigenvalue weighted by molar-refractivity contribution is -0.919. The van der Waals surface area contributed by atoms with Gasteiger partial charge >= 0.3 is 6.16 Å². The first kappa shape index (κ1) is 22.6. The van der Waals surface area contributed by atoms with Crippen molar-refractivity contribution in [1.29, 1.82) is 0 Å². The van der Waals surface area contributed by atoms with Crippen molar-refractivity contribution in [2.24, 2.45) is 5.92 Å². The number of aromatic nitrogens is 2. The Bertz CT molecular complexity index is 647. The molecular weight excluding hydrogens is 378 g/mol. The van der Waals surface area contributed by atoms with Gasteiger partial charge in [-0.15, -0.1) is 4.37 Å². The fourth-order valence-corrected chi connectivity index (χ4v) is 3.57. The van der Waals surface area contributed by atoms with Gasteiger partial charge in [0.15, 0.2) is 0 Å². The molecule has 0 saturated heterocycles. The molecule has 1 aromatic rings. The number of hydrogen-bond donors (Lipinski definition) is 0. The van der Waals surface area contributed by atoms with Gasteiger partial charge in [-0.05, 0) is 12.3 Å². The second-order valence-electron chi connectivity index (χ2n) is 8.07. The number of hydrogen-bond acceptors (Lipinski definition) is 7. The second-order valence-corrected chi connectivity index (χ2v) is 8.60. The molecule has 0 aliphatic carbocycles. The van der Waals surface area contributed by atoms with Crippen LogP contribution in [0.5, 0.6) is 5.88 Å². The highest BCUT2D eigenvalue weighted by molar-refractivity contribution is 6.99. The summed E-state index contributed by atoms with van der Waals surface area (Å²) in [6.07, 6.45) is 7.12. The van der Waals surface area contributed by atoms with Crippen LogP contribution in [0.1, 0.15) is 58.6 Å². The van der Waals surface area contributed by atoms with Gasteiger partial charge in [-0.25, -0.2) is 4.79 Å². The summed E-state index contributed by atoms with van der Waals surface area (Å²) in [5, 5.41) is 0. The molecule has 158 valence electrons. The fourth-order valence-electron chi connectivity index (χ4n) is 3.04. The monoisotopic (exact) mass is 412 g/mol. The zero-order chi connectivity index (χ0) is 20.4. The van der Waals surface area contributed by atoms with Gasteiger partial charge < -0.3 is 14.2 Å². The van der Waals surface area contributed by atoms with Crippen LogP contribution in [0.4, 0.5) is 4.79 Å². The van der Waals surface area contributed by atoms with E-state index in [1.54, 1.807) is 0 Å². The molecule has 0 aromatic carbocycles. The van der Waals surface area contributed by atoms with Gasteiger partial charge in [0.05, 0.1) is 38.5 Å². The molecule has 1 unspecified atom stereocenters. The molecule has 0 spiro atoms. The highest BCUT2D eigenvalue weighted by Gasteiger charge is 2.31. The lowest BCUT2D eigenvalue weighted by atomic mass is 10.1. The molecule has 0 N–H and O–H groups in total. The SMILES string of the molecule is CCCCCCOc1nsnc1C1=CCC[N+](C)(COC(=O)OCC(C)C)C1. The molecule has 0 saturated carbocycles. The van der Waals surface area contributed by atoms with Crippen LogP contribution in [0.2, 0.25) is 0 Å². The van der Waals surface area contributed by atoms with Gasteiger partial charge in [0, 0.05) is 12.0 Å². The Kier molecular flexibility index (Phi) is 9.18. The molecule has 7 nitrogen and oxygen atoms in total. The molecule has 0 fully saturated rings. The molecule has 2 rings (SSSR count). The number of rotatable bonds is 11. The van der Waals surface area contributed by atoms with E-state index in [1.807, 2.05) is 13.8 Å². The summed E-state index contributed by atoms with van der Waals surface area (Å²) in [6.45, 7) is 9.11. The largest absolute Gasteiger partial charge is 0.512 e. The zero-order valence-electron chi connectivity index (χ0n) is 17.6. The Hall–Kier alpha value is -1.67. The number of carbonyl (C=O) groups is 1. The summed E-state index contributed by atoms with van der Waals surface area (Å²) >= 11 is 1.18. The van der Waals surface area contributed by atoms with E-state index in [-0.39, 0.29) is 6.73 Å².